The molecule has 142 valence electrons. The lowest BCUT2D eigenvalue weighted by atomic mass is 10.1. The summed E-state index contributed by atoms with van der Waals surface area (Å²) >= 11 is 1.48. The van der Waals surface area contributed by atoms with Gasteiger partial charge in [0, 0.05) is 11.6 Å². The Bertz CT molecular complexity index is 1030. The van der Waals surface area contributed by atoms with Crippen molar-refractivity contribution in [3.63, 3.8) is 0 Å². The Labute approximate surface area is 160 Å². The molecule has 3 aromatic rings. The minimum absolute atomic E-state index is 0.198. The lowest BCUT2D eigenvalue weighted by Gasteiger charge is -2.23. The molecule has 0 radical (unpaired) electrons. The van der Waals surface area contributed by atoms with Crippen LogP contribution in [-0.2, 0) is 20.4 Å². The van der Waals surface area contributed by atoms with Crippen LogP contribution in [0.1, 0.15) is 17.2 Å². The maximum atomic E-state index is 12.7. The molecule has 2 aromatic heterocycles. The van der Waals surface area contributed by atoms with Crippen LogP contribution in [-0.4, -0.2) is 42.9 Å². The molecule has 7 nitrogen and oxygen atoms in total. The van der Waals surface area contributed by atoms with Crippen LogP contribution in [0, 0.1) is 0 Å². The summed E-state index contributed by atoms with van der Waals surface area (Å²) in [7, 11) is -2.12. The largest absolute Gasteiger partial charge is 0.497 e. The summed E-state index contributed by atoms with van der Waals surface area (Å²) in [5, 5.41) is 13.1. The Morgan fingerprint density at radius 2 is 2.04 bits per heavy atom. The summed E-state index contributed by atoms with van der Waals surface area (Å²) in [4.78, 5) is 16.2. The Morgan fingerprint density at radius 1 is 1.30 bits per heavy atom. The zero-order valence-corrected chi connectivity index (χ0v) is 16.1. The fourth-order valence-electron chi connectivity index (χ4n) is 2.76. The number of pyridine rings is 1. The van der Waals surface area contributed by atoms with Crippen LogP contribution in [0.25, 0.3) is 10.2 Å². The van der Waals surface area contributed by atoms with Gasteiger partial charge in [0.1, 0.15) is 10.6 Å². The van der Waals surface area contributed by atoms with Gasteiger partial charge in [0.15, 0.2) is 9.84 Å². The summed E-state index contributed by atoms with van der Waals surface area (Å²) in [5.41, 5.74) is 1.05. The van der Waals surface area contributed by atoms with Crippen molar-refractivity contribution >= 4 is 37.8 Å². The number of fused-ring (bicyclic) bond motifs is 1. The fraction of sp³-hybridized carbons (Fsp3) is 0.222. The third-order valence-electron chi connectivity index (χ3n) is 4.09. The van der Waals surface area contributed by atoms with Gasteiger partial charge in [-0.05, 0) is 40.8 Å². The van der Waals surface area contributed by atoms with Gasteiger partial charge in [-0.15, -0.1) is 11.3 Å². The monoisotopic (exact) mass is 406 g/mol. The third-order valence-corrected chi connectivity index (χ3v) is 6.52. The van der Waals surface area contributed by atoms with Crippen LogP contribution < -0.4 is 4.74 Å². The second-order valence-corrected chi connectivity index (χ2v) is 8.99. The van der Waals surface area contributed by atoms with Crippen LogP contribution in [0.5, 0.6) is 5.75 Å². The third kappa shape index (κ3) is 4.62. The van der Waals surface area contributed by atoms with Crippen molar-refractivity contribution in [2.75, 3.05) is 12.9 Å². The molecule has 2 heterocycles. The highest BCUT2D eigenvalue weighted by molar-refractivity contribution is 7.90. The quantitative estimate of drug-likeness (QED) is 0.351. The first-order valence-electron chi connectivity index (χ1n) is 8.01. The minimum Gasteiger partial charge on any atom is -0.497 e. The highest BCUT2D eigenvalue weighted by atomic mass is 32.2. The molecule has 1 N–H and O–H groups in total. The van der Waals surface area contributed by atoms with E-state index < -0.39 is 21.6 Å². The first kappa shape index (κ1) is 19.3. The summed E-state index contributed by atoms with van der Waals surface area (Å²) in [6.45, 7) is 0. The van der Waals surface area contributed by atoms with Crippen molar-refractivity contribution in [1.82, 2.24) is 10.0 Å². The number of sulfone groups is 1. The number of hydrogen-bond acceptors (Lipinski definition) is 7. The van der Waals surface area contributed by atoms with Crippen LogP contribution in [0.2, 0.25) is 0 Å². The van der Waals surface area contributed by atoms with E-state index in [2.05, 4.69) is 4.98 Å². The van der Waals surface area contributed by atoms with E-state index in [1.807, 2.05) is 11.4 Å². The number of carbonyl (C=O) groups is 1. The van der Waals surface area contributed by atoms with Gasteiger partial charge < -0.3 is 4.74 Å². The first-order valence-corrected chi connectivity index (χ1v) is 10.7. The molecule has 1 atom stereocenters. The number of aromatic nitrogens is 1. The van der Waals surface area contributed by atoms with Crippen molar-refractivity contribution in [3.8, 4) is 5.75 Å². The van der Waals surface area contributed by atoms with Crippen molar-refractivity contribution < 1.29 is 23.2 Å². The minimum atomic E-state index is -3.63. The molecule has 0 saturated heterocycles. The van der Waals surface area contributed by atoms with Crippen molar-refractivity contribution in [1.29, 1.82) is 0 Å². The number of carbonyl (C=O) groups excluding carboxylic acids is 1. The molecule has 0 aliphatic carbocycles. The highest BCUT2D eigenvalue weighted by Gasteiger charge is 2.26. The van der Waals surface area contributed by atoms with E-state index in [4.69, 9.17) is 4.74 Å². The number of hydrogen-bond donors (Lipinski definition) is 1. The standard InChI is InChI=1S/C18H18N2O5S2/c1-25-16-4-2-14(3-5-16)17(20(22)12-21)11-27(23,24)10-13-8-15-6-7-26-18(15)19-9-13/h2-9,12,17,22H,10-11H2,1H3/t17-/m1/s1. The average molecular weight is 406 g/mol. The normalized spacial score (nSPS) is 12.7. The number of methoxy groups -OCH3 is 1. The number of nitrogens with zero attached hydrogens (tertiary/aromatic N) is 2. The maximum Gasteiger partial charge on any atom is 0.233 e. The SMILES string of the molecule is COc1ccc([C@@H](CS(=O)(=O)Cc2cnc3sccc3c2)N(O)C=O)cc1. The lowest BCUT2D eigenvalue weighted by molar-refractivity contribution is -0.158. The van der Waals surface area contributed by atoms with E-state index in [1.54, 1.807) is 30.3 Å². The van der Waals surface area contributed by atoms with Crippen LogP contribution in [0.3, 0.4) is 0 Å². The first-order chi connectivity index (χ1) is 12.9. The molecule has 1 aromatic carbocycles. The zero-order valence-electron chi connectivity index (χ0n) is 14.5. The molecule has 9 heteroatoms. The molecule has 0 unspecified atom stereocenters. The van der Waals surface area contributed by atoms with Crippen molar-refractivity contribution in [2.24, 2.45) is 0 Å². The molecule has 0 aliphatic rings. The van der Waals surface area contributed by atoms with E-state index in [1.165, 1.54) is 24.6 Å². The van der Waals surface area contributed by atoms with Gasteiger partial charge in [-0.1, -0.05) is 12.1 Å². The number of thiophene rings is 1. The summed E-state index contributed by atoms with van der Waals surface area (Å²) < 4.78 is 30.5. The van der Waals surface area contributed by atoms with Gasteiger partial charge in [-0.25, -0.2) is 18.5 Å². The number of benzene rings is 1. The Hall–Kier alpha value is -2.49. The number of ether oxygens (including phenoxy) is 1. The predicted octanol–water partition coefficient (Wildman–Crippen LogP) is 2.81. The second kappa shape index (κ2) is 8.03. The molecule has 0 fully saturated rings. The van der Waals surface area contributed by atoms with Crippen molar-refractivity contribution in [2.45, 2.75) is 11.8 Å². The van der Waals surface area contributed by atoms with Gasteiger partial charge in [-0.2, -0.15) is 0 Å². The molecule has 0 bridgehead atoms. The molecule has 1 amide bonds. The van der Waals surface area contributed by atoms with Gasteiger partial charge in [0.25, 0.3) is 0 Å². The Kier molecular flexibility index (Phi) is 5.73. The van der Waals surface area contributed by atoms with E-state index in [0.717, 1.165) is 10.2 Å². The van der Waals surface area contributed by atoms with Crippen LogP contribution in [0.15, 0.2) is 48.0 Å². The summed E-state index contributed by atoms with van der Waals surface area (Å²) in [6.07, 6.45) is 1.73. The Morgan fingerprint density at radius 3 is 2.70 bits per heavy atom. The summed E-state index contributed by atoms with van der Waals surface area (Å²) in [5.74, 6) is -0.0624. The number of amides is 1. The molecule has 27 heavy (non-hydrogen) atoms. The van der Waals surface area contributed by atoms with Crippen molar-refractivity contribution in [3.05, 3.63) is 59.1 Å². The molecular formula is C18H18N2O5S2. The maximum absolute atomic E-state index is 12.7. The van der Waals surface area contributed by atoms with E-state index in [-0.39, 0.29) is 12.2 Å². The second-order valence-electron chi connectivity index (χ2n) is 5.99. The van der Waals surface area contributed by atoms with Gasteiger partial charge >= 0.3 is 0 Å². The molecular weight excluding hydrogens is 388 g/mol. The smallest absolute Gasteiger partial charge is 0.233 e. The van der Waals surface area contributed by atoms with E-state index in [9.17, 15) is 18.4 Å². The highest BCUT2D eigenvalue weighted by Crippen LogP contribution is 2.25. The molecule has 0 aliphatic heterocycles. The van der Waals surface area contributed by atoms with Crippen LogP contribution in [0.4, 0.5) is 0 Å². The zero-order chi connectivity index (χ0) is 19.4. The van der Waals surface area contributed by atoms with Gasteiger partial charge in [0.05, 0.1) is 24.7 Å². The van der Waals surface area contributed by atoms with Crippen LogP contribution >= 0.6 is 11.3 Å². The topological polar surface area (TPSA) is 96.8 Å². The fourth-order valence-corrected chi connectivity index (χ4v) is 5.09. The molecule has 0 saturated carbocycles. The number of hydroxylamine groups is 2. The summed E-state index contributed by atoms with van der Waals surface area (Å²) in [6, 6.07) is 9.16. The molecule has 0 spiro atoms. The number of rotatable bonds is 8. The van der Waals surface area contributed by atoms with Gasteiger partial charge in [0.2, 0.25) is 6.41 Å². The van der Waals surface area contributed by atoms with E-state index >= 15 is 0 Å². The Balaban J connectivity index is 1.83. The average Bonchev–Trinajstić information content (AvgIpc) is 3.13. The predicted molar refractivity (Wildman–Crippen MR) is 103 cm³/mol. The van der Waals surface area contributed by atoms with E-state index in [0.29, 0.717) is 21.9 Å². The van der Waals surface area contributed by atoms with Gasteiger partial charge in [-0.3, -0.25) is 10.0 Å². The molecule has 3 rings (SSSR count). The lowest BCUT2D eigenvalue weighted by Crippen LogP contribution is -2.30.